The van der Waals surface area contributed by atoms with Crippen molar-refractivity contribution >= 4 is 11.7 Å². The van der Waals surface area contributed by atoms with Crippen molar-refractivity contribution in [1.82, 2.24) is 0 Å². The summed E-state index contributed by atoms with van der Waals surface area (Å²) in [6.07, 6.45) is 4.05. The van der Waals surface area contributed by atoms with Gasteiger partial charge in [0.25, 0.3) is 0 Å². The van der Waals surface area contributed by atoms with Crippen LogP contribution in [0.2, 0.25) is 0 Å². The zero-order chi connectivity index (χ0) is 14.4. The Morgan fingerprint density at radius 3 is 2.74 bits per heavy atom. The molecule has 1 unspecified atom stereocenters. The lowest BCUT2D eigenvalue weighted by atomic mass is 9.95. The predicted octanol–water partition coefficient (Wildman–Crippen LogP) is 2.51. The number of nitrogens with zero attached hydrogens (tertiary/aromatic N) is 1. The van der Waals surface area contributed by atoms with Gasteiger partial charge in [-0.15, -0.1) is 0 Å². The fourth-order valence-electron chi connectivity index (χ4n) is 1.70. The van der Waals surface area contributed by atoms with Gasteiger partial charge in [-0.1, -0.05) is 18.2 Å². The summed E-state index contributed by atoms with van der Waals surface area (Å²) in [7, 11) is 0. The number of aromatic hydroxyl groups is 1. The van der Waals surface area contributed by atoms with E-state index in [9.17, 15) is 20.0 Å². The van der Waals surface area contributed by atoms with E-state index in [1.807, 2.05) is 0 Å². The Labute approximate surface area is 110 Å². The molecule has 0 aliphatic carbocycles. The highest BCUT2D eigenvalue weighted by Gasteiger charge is 2.19. The highest BCUT2D eigenvalue weighted by atomic mass is 16.6. The maximum absolute atomic E-state index is 11.1. The number of carboxylic acids is 1. The fraction of sp³-hybridized carbons (Fsp3) is 0.308. The van der Waals surface area contributed by atoms with Crippen LogP contribution in [0.1, 0.15) is 18.9 Å². The first-order valence-electron chi connectivity index (χ1n) is 5.76. The number of hydrogen-bond donors (Lipinski definition) is 2. The fourth-order valence-corrected chi connectivity index (χ4v) is 1.70. The second-order valence-electron chi connectivity index (χ2n) is 4.12. The molecule has 1 aromatic rings. The molecule has 0 radical (unpaired) electrons. The van der Waals surface area contributed by atoms with Gasteiger partial charge in [0.05, 0.1) is 10.8 Å². The maximum atomic E-state index is 11.1. The van der Waals surface area contributed by atoms with Crippen LogP contribution >= 0.6 is 0 Å². The van der Waals surface area contributed by atoms with E-state index in [0.29, 0.717) is 12.0 Å². The summed E-state index contributed by atoms with van der Waals surface area (Å²) in [5.74, 6) is -2.01. The van der Waals surface area contributed by atoms with Crippen LogP contribution in [0.15, 0.2) is 30.4 Å². The number of rotatable bonds is 6. The van der Waals surface area contributed by atoms with Crippen LogP contribution in [0.4, 0.5) is 5.69 Å². The molecule has 1 rings (SSSR count). The number of nitro benzene ring substituents is 1. The zero-order valence-electron chi connectivity index (χ0n) is 10.4. The van der Waals surface area contributed by atoms with Crippen molar-refractivity contribution in [1.29, 1.82) is 0 Å². The summed E-state index contributed by atoms with van der Waals surface area (Å²) < 4.78 is 0. The molecule has 0 fully saturated rings. The quantitative estimate of drug-likeness (QED) is 0.467. The van der Waals surface area contributed by atoms with Gasteiger partial charge in [0.15, 0.2) is 5.75 Å². The Bertz CT molecular complexity index is 510. The second kappa shape index (κ2) is 6.53. The molecule has 0 bridgehead atoms. The number of allylic oxidation sites excluding steroid dienone is 2. The summed E-state index contributed by atoms with van der Waals surface area (Å²) in [4.78, 5) is 21.1. The molecule has 0 aliphatic heterocycles. The molecule has 19 heavy (non-hydrogen) atoms. The SMILES string of the molecule is CC=CCC(Cc1ccc(O)c([N+](=O)[O-])c1)C(=O)O. The number of hydrogen-bond acceptors (Lipinski definition) is 4. The lowest BCUT2D eigenvalue weighted by Crippen LogP contribution is -2.15. The van der Waals surface area contributed by atoms with Crippen molar-refractivity contribution in [3.8, 4) is 5.75 Å². The van der Waals surface area contributed by atoms with Crippen LogP contribution < -0.4 is 0 Å². The van der Waals surface area contributed by atoms with Gasteiger partial charge in [0, 0.05) is 6.07 Å². The van der Waals surface area contributed by atoms with E-state index in [4.69, 9.17) is 5.11 Å². The Balaban J connectivity index is 2.93. The number of aliphatic carboxylic acids is 1. The molecule has 2 N–H and O–H groups in total. The Morgan fingerprint density at radius 1 is 1.53 bits per heavy atom. The minimum atomic E-state index is -0.950. The second-order valence-corrected chi connectivity index (χ2v) is 4.12. The van der Waals surface area contributed by atoms with E-state index in [0.717, 1.165) is 0 Å². The standard InChI is InChI=1S/C13H15NO5/c1-2-3-4-10(13(16)17)7-9-5-6-12(15)11(8-9)14(18)19/h2-3,5-6,8,10,15H,4,7H2,1H3,(H,16,17). The molecule has 0 heterocycles. The number of nitro groups is 1. The lowest BCUT2D eigenvalue weighted by Gasteiger charge is -2.10. The van der Waals surface area contributed by atoms with E-state index in [2.05, 4.69) is 0 Å². The average molecular weight is 265 g/mol. The molecule has 0 saturated carbocycles. The van der Waals surface area contributed by atoms with Crippen LogP contribution in [0, 0.1) is 16.0 Å². The number of benzene rings is 1. The summed E-state index contributed by atoms with van der Waals surface area (Å²) in [6, 6.07) is 3.91. The number of phenols is 1. The summed E-state index contributed by atoms with van der Waals surface area (Å²) >= 11 is 0. The van der Waals surface area contributed by atoms with Gasteiger partial charge < -0.3 is 10.2 Å². The monoisotopic (exact) mass is 265 g/mol. The normalized spacial score (nSPS) is 12.5. The van der Waals surface area contributed by atoms with Gasteiger partial charge in [-0.05, 0) is 31.4 Å². The van der Waals surface area contributed by atoms with Crippen LogP contribution in [-0.2, 0) is 11.2 Å². The third-order valence-corrected chi connectivity index (χ3v) is 2.72. The van der Waals surface area contributed by atoms with Crippen molar-refractivity contribution in [3.05, 3.63) is 46.0 Å². The topological polar surface area (TPSA) is 101 Å². The minimum Gasteiger partial charge on any atom is -0.502 e. The minimum absolute atomic E-state index is 0.181. The van der Waals surface area contributed by atoms with E-state index >= 15 is 0 Å². The van der Waals surface area contributed by atoms with E-state index in [-0.39, 0.29) is 6.42 Å². The Morgan fingerprint density at radius 2 is 2.21 bits per heavy atom. The van der Waals surface area contributed by atoms with Gasteiger partial charge in [-0.2, -0.15) is 0 Å². The van der Waals surface area contributed by atoms with Crippen molar-refractivity contribution in [2.24, 2.45) is 5.92 Å². The molecule has 0 aliphatic rings. The van der Waals surface area contributed by atoms with Crippen molar-refractivity contribution in [2.75, 3.05) is 0 Å². The smallest absolute Gasteiger partial charge is 0.310 e. The zero-order valence-corrected chi connectivity index (χ0v) is 10.4. The molecule has 0 aromatic heterocycles. The largest absolute Gasteiger partial charge is 0.502 e. The van der Waals surface area contributed by atoms with E-state index in [1.54, 1.807) is 19.1 Å². The first-order chi connectivity index (χ1) is 8.95. The molecule has 6 nitrogen and oxygen atoms in total. The lowest BCUT2D eigenvalue weighted by molar-refractivity contribution is -0.385. The number of phenolic OH excluding ortho intramolecular Hbond substituents is 1. The van der Waals surface area contributed by atoms with Gasteiger partial charge in [0.2, 0.25) is 0 Å². The van der Waals surface area contributed by atoms with Crippen molar-refractivity contribution < 1.29 is 19.9 Å². The average Bonchev–Trinajstić information content (AvgIpc) is 2.35. The number of carboxylic acid groups (broad SMARTS) is 1. The summed E-state index contributed by atoms with van der Waals surface area (Å²) in [5.41, 5.74) is 0.106. The van der Waals surface area contributed by atoms with Crippen LogP contribution in [0.25, 0.3) is 0 Å². The molecule has 1 aromatic carbocycles. The van der Waals surface area contributed by atoms with Gasteiger partial charge in [-0.25, -0.2) is 0 Å². The first kappa shape index (κ1) is 14.7. The van der Waals surface area contributed by atoms with Gasteiger partial charge in [0.1, 0.15) is 0 Å². The molecule has 102 valence electrons. The Kier molecular flexibility index (Phi) is 5.05. The third kappa shape index (κ3) is 4.09. The molecule has 1 atom stereocenters. The van der Waals surface area contributed by atoms with Gasteiger partial charge in [-0.3, -0.25) is 14.9 Å². The third-order valence-electron chi connectivity index (χ3n) is 2.72. The molecular weight excluding hydrogens is 250 g/mol. The van der Waals surface area contributed by atoms with Crippen LogP contribution in [0.5, 0.6) is 5.75 Å². The predicted molar refractivity (Wildman–Crippen MR) is 69.0 cm³/mol. The summed E-state index contributed by atoms with van der Waals surface area (Å²) in [6.45, 7) is 1.80. The molecular formula is C13H15NO5. The van der Waals surface area contributed by atoms with Gasteiger partial charge >= 0.3 is 11.7 Å². The highest BCUT2D eigenvalue weighted by molar-refractivity contribution is 5.70. The molecule has 6 heteroatoms. The van der Waals surface area contributed by atoms with Crippen molar-refractivity contribution in [3.63, 3.8) is 0 Å². The van der Waals surface area contributed by atoms with E-state index in [1.165, 1.54) is 18.2 Å². The maximum Gasteiger partial charge on any atom is 0.310 e. The molecule has 0 spiro atoms. The molecule has 0 amide bonds. The van der Waals surface area contributed by atoms with Crippen LogP contribution in [-0.4, -0.2) is 21.1 Å². The summed E-state index contributed by atoms with van der Waals surface area (Å²) in [5, 5.41) is 29.1. The Hall–Kier alpha value is -2.37. The highest BCUT2D eigenvalue weighted by Crippen LogP contribution is 2.27. The van der Waals surface area contributed by atoms with Crippen molar-refractivity contribution in [2.45, 2.75) is 19.8 Å². The number of carbonyl (C=O) groups is 1. The first-order valence-corrected chi connectivity index (χ1v) is 5.76. The van der Waals surface area contributed by atoms with Crippen LogP contribution in [0.3, 0.4) is 0 Å². The van der Waals surface area contributed by atoms with E-state index < -0.39 is 28.2 Å². The molecule has 0 saturated heterocycles.